The highest BCUT2D eigenvalue weighted by Gasteiger charge is 2.11. The lowest BCUT2D eigenvalue weighted by atomic mass is 10.1. The van der Waals surface area contributed by atoms with Crippen molar-refractivity contribution in [2.24, 2.45) is 0 Å². The molecule has 0 spiro atoms. The molecule has 1 fully saturated rings. The van der Waals surface area contributed by atoms with Crippen molar-refractivity contribution in [3.63, 3.8) is 0 Å². The average Bonchev–Trinajstić information content (AvgIpc) is 2.37. The van der Waals surface area contributed by atoms with Gasteiger partial charge >= 0.3 is 0 Å². The van der Waals surface area contributed by atoms with E-state index in [1.165, 1.54) is 45.3 Å². The van der Waals surface area contributed by atoms with Gasteiger partial charge in [0.2, 0.25) is 0 Å². The summed E-state index contributed by atoms with van der Waals surface area (Å²) in [4.78, 5) is 2.57. The van der Waals surface area contributed by atoms with Crippen molar-refractivity contribution in [2.45, 2.75) is 38.2 Å². The van der Waals surface area contributed by atoms with E-state index < -0.39 is 0 Å². The van der Waals surface area contributed by atoms with E-state index in [0.29, 0.717) is 6.10 Å². The molecule has 3 nitrogen and oxygen atoms in total. The largest absolute Gasteiger partial charge is 0.497 e. The molecule has 0 amide bonds. The summed E-state index contributed by atoms with van der Waals surface area (Å²) in [6.45, 7) is 5.89. The van der Waals surface area contributed by atoms with Gasteiger partial charge in [0.15, 0.2) is 0 Å². The standard InChI is InChI=1S/C13H24N2O/c1-3-8-15(9-4-1)10-7-14-12-13-6-2-5-11-16-13/h5,11,13-14H,1-4,6-10,12H2. The lowest BCUT2D eigenvalue weighted by Gasteiger charge is -2.27. The Morgan fingerprint density at radius 1 is 1.25 bits per heavy atom. The summed E-state index contributed by atoms with van der Waals surface area (Å²) in [5.41, 5.74) is 0. The normalized spacial score (nSPS) is 26.6. The van der Waals surface area contributed by atoms with Gasteiger partial charge in [-0.25, -0.2) is 0 Å². The summed E-state index contributed by atoms with van der Waals surface area (Å²) in [6, 6.07) is 0. The Hall–Kier alpha value is -0.540. The van der Waals surface area contributed by atoms with E-state index in [1.54, 1.807) is 0 Å². The van der Waals surface area contributed by atoms with Gasteiger partial charge < -0.3 is 15.0 Å². The van der Waals surface area contributed by atoms with Crippen LogP contribution in [-0.2, 0) is 4.74 Å². The predicted molar refractivity (Wildman–Crippen MR) is 66.4 cm³/mol. The van der Waals surface area contributed by atoms with Gasteiger partial charge in [0, 0.05) is 19.6 Å². The summed E-state index contributed by atoms with van der Waals surface area (Å²) in [5, 5.41) is 3.50. The molecule has 1 atom stereocenters. The van der Waals surface area contributed by atoms with Gasteiger partial charge in [-0.1, -0.05) is 6.42 Å². The summed E-state index contributed by atoms with van der Waals surface area (Å²) in [5.74, 6) is 0. The Morgan fingerprint density at radius 3 is 2.88 bits per heavy atom. The van der Waals surface area contributed by atoms with Gasteiger partial charge in [-0.15, -0.1) is 0 Å². The van der Waals surface area contributed by atoms with E-state index in [4.69, 9.17) is 4.74 Å². The molecule has 0 radical (unpaired) electrons. The molecule has 92 valence electrons. The van der Waals surface area contributed by atoms with Gasteiger partial charge in [-0.2, -0.15) is 0 Å². The molecule has 2 rings (SSSR count). The molecule has 1 unspecified atom stereocenters. The van der Waals surface area contributed by atoms with Crippen molar-refractivity contribution in [1.82, 2.24) is 10.2 Å². The zero-order valence-electron chi connectivity index (χ0n) is 10.2. The van der Waals surface area contributed by atoms with Crippen LogP contribution in [0, 0.1) is 0 Å². The molecule has 3 heteroatoms. The van der Waals surface area contributed by atoms with Crippen LogP contribution in [0.1, 0.15) is 32.1 Å². The molecule has 2 aliphatic heterocycles. The second-order valence-electron chi connectivity index (χ2n) is 4.81. The Bertz CT molecular complexity index is 212. The maximum absolute atomic E-state index is 5.51. The Kier molecular flexibility index (Phi) is 5.16. The van der Waals surface area contributed by atoms with E-state index in [1.807, 2.05) is 6.26 Å². The smallest absolute Gasteiger partial charge is 0.110 e. The minimum atomic E-state index is 0.395. The summed E-state index contributed by atoms with van der Waals surface area (Å²) < 4.78 is 5.51. The molecule has 0 aromatic heterocycles. The van der Waals surface area contributed by atoms with Gasteiger partial charge in [0.1, 0.15) is 6.10 Å². The zero-order chi connectivity index (χ0) is 11.1. The lowest BCUT2D eigenvalue weighted by molar-refractivity contribution is 0.121. The van der Waals surface area contributed by atoms with Crippen molar-refractivity contribution in [1.29, 1.82) is 0 Å². The van der Waals surface area contributed by atoms with Crippen LogP contribution in [0.3, 0.4) is 0 Å². The molecule has 16 heavy (non-hydrogen) atoms. The topological polar surface area (TPSA) is 24.5 Å². The number of nitrogens with zero attached hydrogens (tertiary/aromatic N) is 1. The lowest BCUT2D eigenvalue weighted by Crippen LogP contribution is -2.38. The van der Waals surface area contributed by atoms with Crippen molar-refractivity contribution in [2.75, 3.05) is 32.7 Å². The van der Waals surface area contributed by atoms with Crippen LogP contribution >= 0.6 is 0 Å². The number of hydrogen-bond donors (Lipinski definition) is 1. The van der Waals surface area contributed by atoms with Gasteiger partial charge in [-0.3, -0.25) is 0 Å². The van der Waals surface area contributed by atoms with Crippen LogP contribution in [0.2, 0.25) is 0 Å². The number of rotatable bonds is 5. The minimum Gasteiger partial charge on any atom is -0.497 e. The predicted octanol–water partition coefficient (Wildman–Crippen LogP) is 1.75. The fourth-order valence-electron chi connectivity index (χ4n) is 2.42. The van der Waals surface area contributed by atoms with Gasteiger partial charge in [0.25, 0.3) is 0 Å². The van der Waals surface area contributed by atoms with Crippen LogP contribution in [0.5, 0.6) is 0 Å². The SMILES string of the molecule is C1=COC(CNCCN2CCCCC2)CC1. The number of hydrogen-bond acceptors (Lipinski definition) is 3. The van der Waals surface area contributed by atoms with E-state index in [0.717, 1.165) is 19.5 Å². The second kappa shape index (κ2) is 6.92. The van der Waals surface area contributed by atoms with Crippen molar-refractivity contribution >= 4 is 0 Å². The fraction of sp³-hybridized carbons (Fsp3) is 0.846. The quantitative estimate of drug-likeness (QED) is 0.720. The third-order valence-corrected chi connectivity index (χ3v) is 3.45. The van der Waals surface area contributed by atoms with Gasteiger partial charge in [0.05, 0.1) is 6.26 Å². The maximum Gasteiger partial charge on any atom is 0.110 e. The van der Waals surface area contributed by atoms with E-state index in [-0.39, 0.29) is 0 Å². The molecule has 0 bridgehead atoms. The van der Waals surface area contributed by atoms with Crippen LogP contribution in [-0.4, -0.2) is 43.7 Å². The number of nitrogens with one attached hydrogen (secondary N) is 1. The number of piperidine rings is 1. The number of likely N-dealkylation sites (tertiary alicyclic amines) is 1. The first-order chi connectivity index (χ1) is 7.95. The molecule has 0 aromatic rings. The molecular weight excluding hydrogens is 200 g/mol. The fourth-order valence-corrected chi connectivity index (χ4v) is 2.42. The second-order valence-corrected chi connectivity index (χ2v) is 4.81. The molecular formula is C13H24N2O. The van der Waals surface area contributed by atoms with Crippen molar-refractivity contribution < 1.29 is 4.74 Å². The maximum atomic E-state index is 5.51. The van der Waals surface area contributed by atoms with Crippen LogP contribution in [0.4, 0.5) is 0 Å². The Morgan fingerprint density at radius 2 is 2.12 bits per heavy atom. The zero-order valence-corrected chi connectivity index (χ0v) is 10.2. The molecule has 0 aromatic carbocycles. The van der Waals surface area contributed by atoms with E-state index in [9.17, 15) is 0 Å². The Labute approximate surface area is 98.8 Å². The van der Waals surface area contributed by atoms with Crippen LogP contribution in [0.25, 0.3) is 0 Å². The Balaban J connectivity index is 1.49. The summed E-state index contributed by atoms with van der Waals surface area (Å²) >= 11 is 0. The minimum absolute atomic E-state index is 0.395. The summed E-state index contributed by atoms with van der Waals surface area (Å²) in [7, 11) is 0. The van der Waals surface area contributed by atoms with Gasteiger partial charge in [-0.05, 0) is 44.8 Å². The molecule has 0 aliphatic carbocycles. The first kappa shape index (κ1) is 11.9. The first-order valence-electron chi connectivity index (χ1n) is 6.69. The molecule has 0 saturated carbocycles. The third kappa shape index (κ3) is 4.14. The number of allylic oxidation sites excluding steroid dienone is 1. The average molecular weight is 224 g/mol. The summed E-state index contributed by atoms with van der Waals surface area (Å²) in [6.07, 6.45) is 10.9. The highest BCUT2D eigenvalue weighted by molar-refractivity contribution is 4.83. The first-order valence-corrected chi connectivity index (χ1v) is 6.69. The number of ether oxygens (including phenoxy) is 1. The molecule has 1 N–H and O–H groups in total. The van der Waals surface area contributed by atoms with Crippen molar-refractivity contribution in [3.05, 3.63) is 12.3 Å². The molecule has 2 aliphatic rings. The van der Waals surface area contributed by atoms with E-state index >= 15 is 0 Å². The molecule has 2 heterocycles. The highest BCUT2D eigenvalue weighted by Crippen LogP contribution is 2.09. The van der Waals surface area contributed by atoms with Crippen molar-refractivity contribution in [3.8, 4) is 0 Å². The molecule has 1 saturated heterocycles. The highest BCUT2D eigenvalue weighted by atomic mass is 16.5. The third-order valence-electron chi connectivity index (χ3n) is 3.45. The van der Waals surface area contributed by atoms with Crippen LogP contribution in [0.15, 0.2) is 12.3 Å². The van der Waals surface area contributed by atoms with E-state index in [2.05, 4.69) is 16.3 Å². The van der Waals surface area contributed by atoms with Crippen LogP contribution < -0.4 is 5.32 Å². The monoisotopic (exact) mass is 224 g/mol.